The van der Waals surface area contributed by atoms with E-state index in [4.69, 9.17) is 23.2 Å². The lowest BCUT2D eigenvalue weighted by molar-refractivity contribution is 0.567. The van der Waals surface area contributed by atoms with Crippen LogP contribution in [0.3, 0.4) is 0 Å². The third-order valence-corrected chi connectivity index (χ3v) is 1.77. The third kappa shape index (κ3) is 3.30. The number of halogens is 2. The third-order valence-electron chi connectivity index (χ3n) is 1.27. The van der Waals surface area contributed by atoms with Crippen LogP contribution < -0.4 is 5.23 Å². The summed E-state index contributed by atoms with van der Waals surface area (Å²) in [5.74, 6) is 0. The molecule has 1 radical (unpaired) electrons. The number of carbonyl (C=O) groups excluding carboxylic acids is 1. The van der Waals surface area contributed by atoms with Crippen LogP contribution in [0.1, 0.15) is 5.56 Å². The Morgan fingerprint density at radius 2 is 2.31 bits per heavy atom. The van der Waals surface area contributed by atoms with Gasteiger partial charge in [-0.3, -0.25) is 0 Å². The summed E-state index contributed by atoms with van der Waals surface area (Å²) in [6.45, 7) is 0.396. The topological polar surface area (TPSA) is 54.9 Å². The van der Waals surface area contributed by atoms with E-state index in [-0.39, 0.29) is 10.3 Å². The molecule has 0 aliphatic carbocycles. The highest BCUT2D eigenvalue weighted by Crippen LogP contribution is 2.14. The highest BCUT2D eigenvalue weighted by atomic mass is 35.5. The molecule has 0 aromatic carbocycles. The molecule has 1 N–H and O–H groups in total. The Labute approximate surface area is 85.9 Å². The fourth-order valence-electron chi connectivity index (χ4n) is 0.729. The van der Waals surface area contributed by atoms with E-state index in [1.54, 1.807) is 6.07 Å². The molecule has 0 bridgehead atoms. The average Bonchev–Trinajstić information content (AvgIpc) is 2.11. The van der Waals surface area contributed by atoms with Crippen molar-refractivity contribution in [3.8, 4) is 0 Å². The van der Waals surface area contributed by atoms with Crippen molar-refractivity contribution in [3.63, 3.8) is 0 Å². The summed E-state index contributed by atoms with van der Waals surface area (Å²) in [6.07, 6.45) is 0.643. The second kappa shape index (κ2) is 5.16. The van der Waals surface area contributed by atoms with E-state index in [1.165, 1.54) is 7.41 Å². The molecule has 0 saturated heterocycles. The van der Waals surface area contributed by atoms with Gasteiger partial charge in [-0.05, 0) is 6.07 Å². The van der Waals surface area contributed by atoms with E-state index in [0.29, 0.717) is 18.3 Å². The van der Waals surface area contributed by atoms with Gasteiger partial charge in [0.05, 0.1) is 6.19 Å². The minimum Gasteiger partial charge on any atom is -0.350 e. The summed E-state index contributed by atoms with van der Waals surface area (Å²) in [5.41, 5.74) is 0.694. The zero-order chi connectivity index (χ0) is 9.68. The van der Waals surface area contributed by atoms with Crippen LogP contribution in [0.25, 0.3) is 0 Å². The van der Waals surface area contributed by atoms with Gasteiger partial charge in [0.2, 0.25) is 0 Å². The van der Waals surface area contributed by atoms with E-state index in [1.807, 2.05) is 0 Å². The molecule has 0 atom stereocenters. The van der Waals surface area contributed by atoms with E-state index >= 15 is 0 Å². The number of rotatable bonds is 4. The Kier molecular flexibility index (Phi) is 4.15. The monoisotopic (exact) mass is 216 g/mol. The fraction of sp³-hybridized carbons (Fsp3) is 0.167. The van der Waals surface area contributed by atoms with E-state index in [0.717, 1.165) is 0 Å². The number of hydrogen-bond donors (Lipinski definition) is 1. The van der Waals surface area contributed by atoms with E-state index < -0.39 is 0 Å². The number of nitrogens with one attached hydrogen (secondary N) is 1. The molecule has 1 heterocycles. The standard InChI is InChI=1S/C6H5BCl2N3O/c8-5-1-4(2-10-7-3-13)6(9)12-11-5/h1,3,10H,2H2. The largest absolute Gasteiger partial charge is 0.350 e. The van der Waals surface area contributed by atoms with Gasteiger partial charge in [0, 0.05) is 12.1 Å². The van der Waals surface area contributed by atoms with Gasteiger partial charge in [-0.25, -0.2) is 0 Å². The van der Waals surface area contributed by atoms with Crippen molar-refractivity contribution in [2.24, 2.45) is 0 Å². The summed E-state index contributed by atoms with van der Waals surface area (Å²) < 4.78 is 0. The van der Waals surface area contributed by atoms with Crippen LogP contribution in [-0.4, -0.2) is 23.8 Å². The van der Waals surface area contributed by atoms with Crippen molar-refractivity contribution in [1.29, 1.82) is 0 Å². The molecule has 0 unspecified atom stereocenters. The number of hydrogen-bond acceptors (Lipinski definition) is 4. The second-order valence-electron chi connectivity index (χ2n) is 2.17. The first kappa shape index (κ1) is 10.4. The summed E-state index contributed by atoms with van der Waals surface area (Å²) in [5, 5.41) is 10.4. The summed E-state index contributed by atoms with van der Waals surface area (Å²) >= 11 is 11.3. The maximum absolute atomic E-state index is 9.94. The Bertz CT molecular complexity index is 310. The molecule has 1 rings (SSSR count). The number of carbonyl (C=O) groups is 1. The molecule has 0 amide bonds. The average molecular weight is 217 g/mol. The van der Waals surface area contributed by atoms with Crippen molar-refractivity contribution < 1.29 is 4.79 Å². The molecule has 0 aliphatic rings. The van der Waals surface area contributed by atoms with Crippen LogP contribution in [0.15, 0.2) is 6.07 Å². The number of aromatic nitrogens is 2. The Morgan fingerprint density at radius 1 is 1.54 bits per heavy atom. The quantitative estimate of drug-likeness (QED) is 0.457. The van der Waals surface area contributed by atoms with Crippen LogP contribution in [0.4, 0.5) is 0 Å². The van der Waals surface area contributed by atoms with Crippen molar-refractivity contribution in [1.82, 2.24) is 15.4 Å². The molecule has 0 saturated carbocycles. The summed E-state index contributed by atoms with van der Waals surface area (Å²) in [4.78, 5) is 9.94. The first-order valence-electron chi connectivity index (χ1n) is 3.42. The smallest absolute Gasteiger partial charge is 0.290 e. The maximum atomic E-state index is 9.94. The van der Waals surface area contributed by atoms with Gasteiger partial charge in [0.15, 0.2) is 10.3 Å². The minimum absolute atomic E-state index is 0.271. The van der Waals surface area contributed by atoms with Crippen LogP contribution in [0.5, 0.6) is 0 Å². The van der Waals surface area contributed by atoms with Crippen molar-refractivity contribution >= 4 is 36.8 Å². The summed E-state index contributed by atoms with van der Waals surface area (Å²) in [7, 11) is 1.27. The lowest BCUT2D eigenvalue weighted by Crippen LogP contribution is -2.20. The van der Waals surface area contributed by atoms with Crippen LogP contribution in [0, 0.1) is 0 Å². The second-order valence-corrected chi connectivity index (χ2v) is 2.91. The van der Waals surface area contributed by atoms with Gasteiger partial charge in [-0.2, -0.15) is 0 Å². The van der Waals surface area contributed by atoms with Crippen molar-refractivity contribution in [2.45, 2.75) is 6.54 Å². The Hall–Kier alpha value is -0.645. The SMILES string of the molecule is O=C[B]NCc1cc(Cl)nnc1Cl. The molecule has 1 aromatic rings. The highest BCUT2D eigenvalue weighted by Gasteiger charge is 2.03. The lowest BCUT2D eigenvalue weighted by atomic mass is 9.99. The highest BCUT2D eigenvalue weighted by molar-refractivity contribution is 6.64. The molecule has 1 aromatic heterocycles. The predicted molar refractivity (Wildman–Crippen MR) is 51.4 cm³/mol. The van der Waals surface area contributed by atoms with Crippen molar-refractivity contribution in [3.05, 3.63) is 21.9 Å². The molecule has 0 aliphatic heterocycles. The molecule has 7 heteroatoms. The minimum atomic E-state index is 0.271. The van der Waals surface area contributed by atoms with Crippen molar-refractivity contribution in [2.75, 3.05) is 0 Å². The van der Waals surface area contributed by atoms with Crippen LogP contribution in [0.2, 0.25) is 10.3 Å². The molecular formula is C6H5BCl2N3O. The van der Waals surface area contributed by atoms with Crippen LogP contribution >= 0.6 is 23.2 Å². The fourth-order valence-corrected chi connectivity index (χ4v) is 1.06. The first-order valence-corrected chi connectivity index (χ1v) is 4.17. The van der Waals surface area contributed by atoms with Crippen LogP contribution in [-0.2, 0) is 11.3 Å². The van der Waals surface area contributed by atoms with Gasteiger partial charge in [0.1, 0.15) is 0 Å². The Morgan fingerprint density at radius 3 is 3.00 bits per heavy atom. The normalized spacial score (nSPS) is 9.69. The zero-order valence-electron chi connectivity index (χ0n) is 6.50. The van der Waals surface area contributed by atoms with Gasteiger partial charge in [0.25, 0.3) is 7.41 Å². The van der Waals surface area contributed by atoms with Gasteiger partial charge >= 0.3 is 0 Å². The molecule has 67 valence electrons. The molecule has 0 fully saturated rings. The first-order chi connectivity index (χ1) is 6.24. The summed E-state index contributed by atoms with van der Waals surface area (Å²) in [6, 6.07) is 1.59. The molecular weight excluding hydrogens is 212 g/mol. The van der Waals surface area contributed by atoms with Gasteiger partial charge < -0.3 is 10.0 Å². The van der Waals surface area contributed by atoms with E-state index in [9.17, 15) is 4.79 Å². The van der Waals surface area contributed by atoms with E-state index in [2.05, 4.69) is 15.4 Å². The van der Waals surface area contributed by atoms with Gasteiger partial charge in [-0.15, -0.1) is 10.2 Å². The molecule has 13 heavy (non-hydrogen) atoms. The zero-order valence-corrected chi connectivity index (χ0v) is 8.01. The molecule has 0 spiro atoms. The van der Waals surface area contributed by atoms with Gasteiger partial charge in [-0.1, -0.05) is 23.2 Å². The Balaban J connectivity index is 2.64. The lowest BCUT2D eigenvalue weighted by Gasteiger charge is -2.01. The maximum Gasteiger partial charge on any atom is 0.290 e. The molecule has 4 nitrogen and oxygen atoms in total. The predicted octanol–water partition coefficient (Wildman–Crippen LogP) is 0.682. The number of nitrogens with zero attached hydrogens (tertiary/aromatic N) is 2.